The second-order valence-electron chi connectivity index (χ2n) is 7.72. The molecule has 1 unspecified atom stereocenters. The minimum atomic E-state index is -4.76. The van der Waals surface area contributed by atoms with Crippen LogP contribution in [0, 0.1) is 13.8 Å². The first kappa shape index (κ1) is 23.4. The Bertz CT molecular complexity index is 1320. The normalized spacial score (nSPS) is 12.6. The number of anilines is 1. The molecular formula is C24H23F3N4O3. The minimum absolute atomic E-state index is 0.228. The number of aliphatic hydroxyl groups is 1. The van der Waals surface area contributed by atoms with E-state index < -0.39 is 12.6 Å². The molecule has 4 aromatic rings. The number of aliphatic hydroxyl groups excluding tert-OH is 1. The fourth-order valence-electron chi connectivity index (χ4n) is 3.80. The number of methoxy groups -OCH3 is 1. The van der Waals surface area contributed by atoms with Gasteiger partial charge in [-0.3, -0.25) is 4.68 Å². The number of para-hydroxylation sites is 1. The lowest BCUT2D eigenvalue weighted by atomic mass is 10.1. The highest BCUT2D eigenvalue weighted by atomic mass is 19.4. The molecule has 0 saturated heterocycles. The Balaban J connectivity index is 1.59. The van der Waals surface area contributed by atoms with Gasteiger partial charge in [0.25, 0.3) is 0 Å². The van der Waals surface area contributed by atoms with Crippen molar-refractivity contribution in [2.45, 2.75) is 33.0 Å². The highest BCUT2D eigenvalue weighted by Crippen LogP contribution is 2.31. The SMILES string of the molecule is COc1cc(C(O)Nc2c(C)nn(Cc3cccc(OC(F)(F)F)c3)c2C)c2ccccc2n1. The summed E-state index contributed by atoms with van der Waals surface area (Å²) >= 11 is 0. The smallest absolute Gasteiger partial charge is 0.481 e. The summed E-state index contributed by atoms with van der Waals surface area (Å²) in [4.78, 5) is 4.40. The number of hydrogen-bond donors (Lipinski definition) is 2. The Morgan fingerprint density at radius 1 is 1.09 bits per heavy atom. The van der Waals surface area contributed by atoms with Crippen molar-refractivity contribution in [2.24, 2.45) is 0 Å². The van der Waals surface area contributed by atoms with Gasteiger partial charge in [0.1, 0.15) is 5.75 Å². The van der Waals surface area contributed by atoms with E-state index in [1.807, 2.05) is 31.2 Å². The Kier molecular flexibility index (Phi) is 6.34. The van der Waals surface area contributed by atoms with E-state index in [1.54, 1.807) is 23.7 Å². The van der Waals surface area contributed by atoms with E-state index in [0.717, 1.165) is 5.39 Å². The Morgan fingerprint density at radius 3 is 2.59 bits per heavy atom. The first-order valence-corrected chi connectivity index (χ1v) is 10.4. The molecule has 2 aromatic carbocycles. The lowest BCUT2D eigenvalue weighted by molar-refractivity contribution is -0.274. The summed E-state index contributed by atoms with van der Waals surface area (Å²) in [7, 11) is 1.51. The Morgan fingerprint density at radius 2 is 1.85 bits per heavy atom. The van der Waals surface area contributed by atoms with Gasteiger partial charge in [-0.05, 0) is 37.6 Å². The molecule has 2 heterocycles. The van der Waals surface area contributed by atoms with Crippen molar-refractivity contribution < 1.29 is 27.8 Å². The number of benzene rings is 2. The third-order valence-corrected chi connectivity index (χ3v) is 5.36. The topological polar surface area (TPSA) is 81.4 Å². The number of pyridine rings is 1. The van der Waals surface area contributed by atoms with Gasteiger partial charge in [-0.15, -0.1) is 13.2 Å². The van der Waals surface area contributed by atoms with E-state index >= 15 is 0 Å². The van der Waals surface area contributed by atoms with Gasteiger partial charge in [0.15, 0.2) is 6.23 Å². The zero-order chi connectivity index (χ0) is 24.5. The van der Waals surface area contributed by atoms with Gasteiger partial charge in [0, 0.05) is 17.0 Å². The molecule has 0 spiro atoms. The van der Waals surface area contributed by atoms with Crippen LogP contribution in [-0.2, 0) is 6.54 Å². The van der Waals surface area contributed by atoms with Crippen molar-refractivity contribution in [3.8, 4) is 11.6 Å². The molecule has 178 valence electrons. The van der Waals surface area contributed by atoms with Gasteiger partial charge in [0.2, 0.25) is 5.88 Å². The van der Waals surface area contributed by atoms with Crippen molar-refractivity contribution >= 4 is 16.6 Å². The number of alkyl halides is 3. The molecule has 2 aromatic heterocycles. The lowest BCUT2D eigenvalue weighted by Crippen LogP contribution is -2.17. The first-order valence-electron chi connectivity index (χ1n) is 10.4. The van der Waals surface area contributed by atoms with E-state index in [9.17, 15) is 18.3 Å². The summed E-state index contributed by atoms with van der Waals surface area (Å²) < 4.78 is 48.6. The highest BCUT2D eigenvalue weighted by Gasteiger charge is 2.31. The van der Waals surface area contributed by atoms with Crippen LogP contribution in [0.25, 0.3) is 10.9 Å². The van der Waals surface area contributed by atoms with Gasteiger partial charge in [-0.25, -0.2) is 4.98 Å². The maximum absolute atomic E-state index is 12.5. The number of fused-ring (bicyclic) bond motifs is 1. The number of nitrogens with one attached hydrogen (secondary N) is 1. The predicted octanol–water partition coefficient (Wildman–Crippen LogP) is 5.11. The summed E-state index contributed by atoms with van der Waals surface area (Å²) in [5.74, 6) is 0.0819. The second kappa shape index (κ2) is 9.22. The fourth-order valence-corrected chi connectivity index (χ4v) is 3.80. The van der Waals surface area contributed by atoms with Crippen molar-refractivity contribution in [2.75, 3.05) is 12.4 Å². The maximum atomic E-state index is 12.5. The van der Waals surface area contributed by atoms with Crippen LogP contribution in [-0.4, -0.2) is 33.3 Å². The number of ether oxygens (including phenoxy) is 2. The number of rotatable bonds is 7. The number of aryl methyl sites for hydroxylation is 1. The van der Waals surface area contributed by atoms with Gasteiger partial charge < -0.3 is 19.9 Å². The molecule has 4 rings (SSSR count). The standard InChI is InChI=1S/C24H23F3N4O3/c1-14-22(29-23(32)19-12-21(33-3)28-20-10-5-4-9-18(19)20)15(2)31(30-14)13-16-7-6-8-17(11-16)34-24(25,26)27/h4-12,23,29,32H,13H2,1-3H3. The maximum Gasteiger partial charge on any atom is 0.573 e. The van der Waals surface area contributed by atoms with Crippen molar-refractivity contribution in [3.05, 3.63) is 77.1 Å². The zero-order valence-electron chi connectivity index (χ0n) is 18.7. The largest absolute Gasteiger partial charge is 0.573 e. The highest BCUT2D eigenvalue weighted by molar-refractivity contribution is 5.83. The van der Waals surface area contributed by atoms with E-state index in [0.29, 0.717) is 39.6 Å². The van der Waals surface area contributed by atoms with Crippen LogP contribution in [0.2, 0.25) is 0 Å². The molecule has 34 heavy (non-hydrogen) atoms. The second-order valence-corrected chi connectivity index (χ2v) is 7.72. The summed E-state index contributed by atoms with van der Waals surface area (Å²) in [6.07, 6.45) is -5.84. The van der Waals surface area contributed by atoms with E-state index in [-0.39, 0.29) is 12.3 Å². The van der Waals surface area contributed by atoms with Gasteiger partial charge in [-0.1, -0.05) is 30.3 Å². The van der Waals surface area contributed by atoms with Crippen LogP contribution >= 0.6 is 0 Å². The van der Waals surface area contributed by atoms with Crippen LogP contribution in [0.4, 0.5) is 18.9 Å². The molecule has 7 nitrogen and oxygen atoms in total. The molecule has 0 saturated carbocycles. The summed E-state index contributed by atoms with van der Waals surface area (Å²) in [6.45, 7) is 3.83. The fraction of sp³-hybridized carbons (Fsp3) is 0.250. The number of aromatic nitrogens is 3. The van der Waals surface area contributed by atoms with Crippen molar-refractivity contribution in [1.29, 1.82) is 0 Å². The van der Waals surface area contributed by atoms with Gasteiger partial charge >= 0.3 is 6.36 Å². The van der Waals surface area contributed by atoms with Crippen LogP contribution in [0.5, 0.6) is 11.6 Å². The molecule has 1 atom stereocenters. The molecule has 0 aliphatic carbocycles. The molecular weight excluding hydrogens is 449 g/mol. The Hall–Kier alpha value is -3.79. The van der Waals surface area contributed by atoms with E-state index in [4.69, 9.17) is 4.74 Å². The number of nitrogens with zero attached hydrogens (tertiary/aromatic N) is 3. The first-order chi connectivity index (χ1) is 16.1. The molecule has 0 fully saturated rings. The van der Waals surface area contributed by atoms with Crippen molar-refractivity contribution in [3.63, 3.8) is 0 Å². The van der Waals surface area contributed by atoms with Crippen LogP contribution in [0.3, 0.4) is 0 Å². The molecule has 0 radical (unpaired) electrons. The van der Waals surface area contributed by atoms with E-state index in [1.165, 1.54) is 25.3 Å². The quantitative estimate of drug-likeness (QED) is 0.364. The van der Waals surface area contributed by atoms with Crippen molar-refractivity contribution in [1.82, 2.24) is 14.8 Å². The molecule has 0 aliphatic rings. The summed E-state index contributed by atoms with van der Waals surface area (Å²) in [5, 5.41) is 19.4. The molecule has 0 bridgehead atoms. The van der Waals surface area contributed by atoms with Crippen LogP contribution < -0.4 is 14.8 Å². The third-order valence-electron chi connectivity index (χ3n) is 5.36. The number of hydrogen-bond acceptors (Lipinski definition) is 6. The molecule has 10 heteroatoms. The number of halogens is 3. The van der Waals surface area contributed by atoms with Gasteiger partial charge in [0.05, 0.1) is 36.2 Å². The monoisotopic (exact) mass is 472 g/mol. The predicted molar refractivity (Wildman–Crippen MR) is 121 cm³/mol. The molecule has 0 amide bonds. The average molecular weight is 472 g/mol. The van der Waals surface area contributed by atoms with Crippen LogP contribution in [0.15, 0.2) is 54.6 Å². The molecule has 0 aliphatic heterocycles. The average Bonchev–Trinajstić information content (AvgIpc) is 3.04. The summed E-state index contributed by atoms with van der Waals surface area (Å²) in [6, 6.07) is 14.8. The van der Waals surface area contributed by atoms with E-state index in [2.05, 4.69) is 20.1 Å². The van der Waals surface area contributed by atoms with Crippen LogP contribution in [0.1, 0.15) is 28.7 Å². The summed E-state index contributed by atoms with van der Waals surface area (Å²) in [5.41, 5.74) is 3.82. The third kappa shape index (κ3) is 5.07. The lowest BCUT2D eigenvalue weighted by Gasteiger charge is -2.18. The zero-order valence-corrected chi connectivity index (χ0v) is 18.7. The Labute approximate surface area is 193 Å². The van der Waals surface area contributed by atoms with Gasteiger partial charge in [-0.2, -0.15) is 5.10 Å². The molecule has 2 N–H and O–H groups in total. The minimum Gasteiger partial charge on any atom is -0.481 e.